The van der Waals surface area contributed by atoms with Crippen LogP contribution in [0.15, 0.2) is 12.4 Å². The number of carbonyl (C=O) groups is 1. The van der Waals surface area contributed by atoms with Crippen LogP contribution in [0, 0.1) is 0 Å². The van der Waals surface area contributed by atoms with Crippen LogP contribution in [-0.4, -0.2) is 22.0 Å². The zero-order valence-electron chi connectivity index (χ0n) is 10.9. The number of rotatable bonds is 7. The van der Waals surface area contributed by atoms with Crippen molar-refractivity contribution in [2.24, 2.45) is 0 Å². The molecule has 0 spiro atoms. The summed E-state index contributed by atoms with van der Waals surface area (Å²) in [6, 6.07) is 0. The van der Waals surface area contributed by atoms with E-state index < -0.39 is 5.97 Å². The maximum absolute atomic E-state index is 11.8. The van der Waals surface area contributed by atoms with Gasteiger partial charge in [0.15, 0.2) is 5.69 Å². The van der Waals surface area contributed by atoms with Crippen LogP contribution in [0.5, 0.6) is 0 Å². The van der Waals surface area contributed by atoms with Gasteiger partial charge in [-0.3, -0.25) is 0 Å². The first-order valence-electron chi connectivity index (χ1n) is 6.35. The van der Waals surface area contributed by atoms with Gasteiger partial charge in [0.2, 0.25) is 0 Å². The molecule has 0 aliphatic rings. The molecule has 0 aliphatic heterocycles. The molecule has 0 aromatic carbocycles. The summed E-state index contributed by atoms with van der Waals surface area (Å²) in [6.45, 7) is 4.16. The van der Waals surface area contributed by atoms with Gasteiger partial charge >= 0.3 is 5.97 Å². The quantitative estimate of drug-likeness (QED) is 0.561. The van der Waals surface area contributed by atoms with Crippen molar-refractivity contribution in [2.75, 3.05) is 0 Å². The van der Waals surface area contributed by atoms with Gasteiger partial charge in [-0.05, 0) is 19.3 Å². The molecule has 1 aromatic rings. The number of hydrogen-bond donors (Lipinski definition) is 0. The molecule has 0 saturated carbocycles. The van der Waals surface area contributed by atoms with E-state index in [2.05, 4.69) is 16.9 Å². The van der Waals surface area contributed by atoms with Crippen LogP contribution >= 0.6 is 11.6 Å². The maximum atomic E-state index is 11.8. The predicted octanol–water partition coefficient (Wildman–Crippen LogP) is 3.65. The summed E-state index contributed by atoms with van der Waals surface area (Å²) in [6.07, 6.45) is 7.75. The van der Waals surface area contributed by atoms with E-state index in [1.54, 1.807) is 0 Å². The van der Waals surface area contributed by atoms with Gasteiger partial charge in [-0.2, -0.15) is 0 Å². The van der Waals surface area contributed by atoms with Crippen LogP contribution in [0.3, 0.4) is 0 Å². The van der Waals surface area contributed by atoms with Gasteiger partial charge in [0, 0.05) is 0 Å². The Bertz CT molecular complexity index is 368. The number of ether oxygens (including phenoxy) is 1. The van der Waals surface area contributed by atoms with E-state index >= 15 is 0 Å². The van der Waals surface area contributed by atoms with Crippen LogP contribution in [0.2, 0.25) is 5.15 Å². The Kier molecular flexibility index (Phi) is 6.65. The average molecular weight is 271 g/mol. The predicted molar refractivity (Wildman–Crippen MR) is 70.7 cm³/mol. The van der Waals surface area contributed by atoms with Crippen molar-refractivity contribution < 1.29 is 9.53 Å². The van der Waals surface area contributed by atoms with Gasteiger partial charge in [0.25, 0.3) is 0 Å². The molecular weight excluding hydrogens is 252 g/mol. The molecule has 1 atom stereocenters. The Morgan fingerprint density at radius 2 is 2.11 bits per heavy atom. The summed E-state index contributed by atoms with van der Waals surface area (Å²) >= 11 is 5.61. The van der Waals surface area contributed by atoms with Crippen LogP contribution < -0.4 is 0 Å². The van der Waals surface area contributed by atoms with Crippen molar-refractivity contribution in [3.63, 3.8) is 0 Å². The van der Waals surface area contributed by atoms with Crippen molar-refractivity contribution in [3.05, 3.63) is 23.2 Å². The Morgan fingerprint density at radius 1 is 1.33 bits per heavy atom. The zero-order valence-corrected chi connectivity index (χ0v) is 11.6. The lowest BCUT2D eigenvalue weighted by molar-refractivity contribution is 0.0260. The molecule has 0 radical (unpaired) electrons. The summed E-state index contributed by atoms with van der Waals surface area (Å²) < 4.78 is 5.39. The van der Waals surface area contributed by atoms with Gasteiger partial charge in [0.05, 0.1) is 12.4 Å². The third-order valence-electron chi connectivity index (χ3n) is 2.69. The minimum atomic E-state index is -0.428. The third kappa shape index (κ3) is 5.00. The molecule has 100 valence electrons. The first-order chi connectivity index (χ1) is 8.67. The fourth-order valence-electron chi connectivity index (χ4n) is 1.60. The summed E-state index contributed by atoms with van der Waals surface area (Å²) in [5.41, 5.74) is 0.202. The standard InChI is InChI=1S/C13H19ClN2O2/c1-3-5-6-7-10(4-2)18-13(17)11-8-16-12(14)9-15-11/h8-10H,3-7H2,1-2H3. The highest BCUT2D eigenvalue weighted by molar-refractivity contribution is 6.29. The number of aromatic nitrogens is 2. The lowest BCUT2D eigenvalue weighted by Crippen LogP contribution is -2.18. The van der Waals surface area contributed by atoms with Crippen LogP contribution in [0.25, 0.3) is 0 Å². The van der Waals surface area contributed by atoms with E-state index in [0.29, 0.717) is 0 Å². The van der Waals surface area contributed by atoms with E-state index in [-0.39, 0.29) is 17.0 Å². The summed E-state index contributed by atoms with van der Waals surface area (Å²) in [5.74, 6) is -0.428. The molecule has 0 aliphatic carbocycles. The van der Waals surface area contributed by atoms with E-state index in [1.807, 2.05) is 6.92 Å². The number of hydrogen-bond acceptors (Lipinski definition) is 4. The highest BCUT2D eigenvalue weighted by Gasteiger charge is 2.15. The van der Waals surface area contributed by atoms with Crippen LogP contribution in [0.4, 0.5) is 0 Å². The van der Waals surface area contributed by atoms with Crippen molar-refractivity contribution in [1.82, 2.24) is 9.97 Å². The Morgan fingerprint density at radius 3 is 2.67 bits per heavy atom. The van der Waals surface area contributed by atoms with Crippen molar-refractivity contribution in [3.8, 4) is 0 Å². The summed E-state index contributed by atoms with van der Waals surface area (Å²) in [7, 11) is 0. The van der Waals surface area contributed by atoms with Crippen molar-refractivity contribution >= 4 is 17.6 Å². The first kappa shape index (κ1) is 14.9. The van der Waals surface area contributed by atoms with E-state index in [4.69, 9.17) is 16.3 Å². The molecule has 1 unspecified atom stereocenters. The average Bonchev–Trinajstić information content (AvgIpc) is 2.38. The molecule has 0 amide bonds. The fraction of sp³-hybridized carbons (Fsp3) is 0.615. The Hall–Kier alpha value is -1.16. The summed E-state index contributed by atoms with van der Waals surface area (Å²) in [5, 5.41) is 0.265. The molecule has 1 aromatic heterocycles. The molecule has 0 fully saturated rings. The van der Waals surface area contributed by atoms with Gasteiger partial charge in [0.1, 0.15) is 11.3 Å². The number of halogens is 1. The van der Waals surface area contributed by atoms with Gasteiger partial charge in [-0.1, -0.05) is 38.3 Å². The van der Waals surface area contributed by atoms with E-state index in [0.717, 1.165) is 32.1 Å². The molecule has 18 heavy (non-hydrogen) atoms. The van der Waals surface area contributed by atoms with Crippen molar-refractivity contribution in [1.29, 1.82) is 0 Å². The lowest BCUT2D eigenvalue weighted by Gasteiger charge is -2.15. The monoisotopic (exact) mass is 270 g/mol. The second-order valence-electron chi connectivity index (χ2n) is 4.16. The van der Waals surface area contributed by atoms with Gasteiger partial charge in [-0.15, -0.1) is 0 Å². The molecule has 0 saturated heterocycles. The largest absolute Gasteiger partial charge is 0.458 e. The molecule has 0 N–H and O–H groups in total. The number of esters is 1. The fourth-order valence-corrected chi connectivity index (χ4v) is 1.70. The van der Waals surface area contributed by atoms with E-state index in [1.165, 1.54) is 12.4 Å². The molecule has 1 heterocycles. The normalized spacial score (nSPS) is 12.2. The molecule has 4 nitrogen and oxygen atoms in total. The SMILES string of the molecule is CCCCCC(CC)OC(=O)c1cnc(Cl)cn1. The van der Waals surface area contributed by atoms with Gasteiger partial charge in [-0.25, -0.2) is 14.8 Å². The molecule has 0 bridgehead atoms. The minimum Gasteiger partial charge on any atom is -0.458 e. The topological polar surface area (TPSA) is 52.1 Å². The van der Waals surface area contributed by atoms with Crippen molar-refractivity contribution in [2.45, 2.75) is 52.1 Å². The second kappa shape index (κ2) is 8.03. The number of unbranched alkanes of at least 4 members (excludes halogenated alkanes) is 2. The number of carbonyl (C=O) groups excluding carboxylic acids is 1. The van der Waals surface area contributed by atoms with Crippen LogP contribution in [0.1, 0.15) is 56.4 Å². The maximum Gasteiger partial charge on any atom is 0.358 e. The third-order valence-corrected chi connectivity index (χ3v) is 2.88. The summed E-state index contributed by atoms with van der Waals surface area (Å²) in [4.78, 5) is 19.5. The molecule has 5 heteroatoms. The highest BCUT2D eigenvalue weighted by atomic mass is 35.5. The Labute approximate surface area is 113 Å². The second-order valence-corrected chi connectivity index (χ2v) is 4.54. The minimum absolute atomic E-state index is 0.0403. The number of nitrogens with zero attached hydrogens (tertiary/aromatic N) is 2. The van der Waals surface area contributed by atoms with Gasteiger partial charge < -0.3 is 4.74 Å². The van der Waals surface area contributed by atoms with Crippen LogP contribution in [-0.2, 0) is 4.74 Å². The lowest BCUT2D eigenvalue weighted by atomic mass is 10.1. The molecule has 1 rings (SSSR count). The Balaban J connectivity index is 2.48. The first-order valence-corrected chi connectivity index (χ1v) is 6.73. The molecular formula is C13H19ClN2O2. The smallest absolute Gasteiger partial charge is 0.358 e. The van der Waals surface area contributed by atoms with E-state index in [9.17, 15) is 4.79 Å². The zero-order chi connectivity index (χ0) is 13.4. The highest BCUT2D eigenvalue weighted by Crippen LogP contribution is 2.12.